The van der Waals surface area contributed by atoms with Crippen molar-refractivity contribution in [1.29, 1.82) is 5.26 Å². The maximum absolute atomic E-state index is 14.7. The molecule has 0 heterocycles. The number of ether oxygens (including phenoxy) is 1. The van der Waals surface area contributed by atoms with E-state index in [9.17, 15) is 27.3 Å². The van der Waals surface area contributed by atoms with E-state index in [-0.39, 0.29) is 17.7 Å². The van der Waals surface area contributed by atoms with Crippen LogP contribution in [-0.2, 0) is 23.9 Å². The number of oxime groups is 1. The van der Waals surface area contributed by atoms with Gasteiger partial charge in [-0.05, 0) is 113 Å². The fourth-order valence-electron chi connectivity index (χ4n) is 9.64. The Hall–Kier alpha value is -1.76. The van der Waals surface area contributed by atoms with E-state index >= 15 is 0 Å². The van der Waals surface area contributed by atoms with Crippen LogP contribution in [0.3, 0.4) is 0 Å². The van der Waals surface area contributed by atoms with Crippen molar-refractivity contribution in [3.05, 3.63) is 0 Å². The van der Waals surface area contributed by atoms with E-state index in [0.717, 1.165) is 57.8 Å². The average molecular weight is 511 g/mol. The number of esters is 1. The molecule has 0 aromatic carbocycles. The molecule has 0 aromatic rings. The molecule has 7 nitrogen and oxygen atoms in total. The molecule has 8 saturated carbocycles. The number of carbonyl (C=O) groups is 1. The lowest BCUT2D eigenvalue weighted by molar-refractivity contribution is -0.172. The molecule has 0 amide bonds. The van der Waals surface area contributed by atoms with E-state index in [1.54, 1.807) is 0 Å². The van der Waals surface area contributed by atoms with Crippen LogP contribution in [0.5, 0.6) is 0 Å². The van der Waals surface area contributed by atoms with Gasteiger partial charge in [0.25, 0.3) is 0 Å². The molecule has 192 valence electrons. The Bertz CT molecular complexity index is 1030. The normalized spacial score (nSPS) is 43.7. The zero-order valence-corrected chi connectivity index (χ0v) is 20.6. The standard InChI is InChI=1S/C25H32F2N2O5S/c26-25(27,22(30)33-14-23-7-15-1-16(8-23)3-17(2-15)9-23)35(31,32)34-29-21(13-28)24-10-18-4-19(11-24)6-20(5-18)12-24/h15-20H,1-12,14H2/b29-21+. The van der Waals surface area contributed by atoms with Crippen molar-refractivity contribution in [2.24, 2.45) is 51.5 Å². The molecule has 0 N–H and O–H groups in total. The third-order valence-corrected chi connectivity index (χ3v) is 11.2. The Morgan fingerprint density at radius 3 is 1.74 bits per heavy atom. The third kappa shape index (κ3) is 3.87. The molecule has 0 unspecified atom stereocenters. The SMILES string of the molecule is N#C/C(=N\OS(=O)(=O)C(F)(F)C(=O)OCC12CC3CC(CC(C3)C1)C2)C12CC3CC(CC(C3)C1)C2. The number of rotatable bonds is 7. The smallest absolute Gasteiger partial charge is 0.460 e. The summed E-state index contributed by atoms with van der Waals surface area (Å²) >= 11 is 0. The van der Waals surface area contributed by atoms with Gasteiger partial charge in [-0.1, -0.05) is 5.16 Å². The Morgan fingerprint density at radius 1 is 0.886 bits per heavy atom. The second-order valence-electron chi connectivity index (χ2n) is 12.8. The fourth-order valence-corrected chi connectivity index (χ4v) is 10.2. The Morgan fingerprint density at radius 2 is 1.31 bits per heavy atom. The summed E-state index contributed by atoms with van der Waals surface area (Å²) in [6.45, 7) is -0.194. The molecule has 8 rings (SSSR count). The minimum absolute atomic E-state index is 0.155. The van der Waals surface area contributed by atoms with Crippen LogP contribution in [0.2, 0.25) is 0 Å². The second kappa shape index (κ2) is 7.87. The maximum Gasteiger partial charge on any atom is 0.478 e. The van der Waals surface area contributed by atoms with E-state index in [0.29, 0.717) is 54.8 Å². The van der Waals surface area contributed by atoms with Gasteiger partial charge < -0.3 is 4.74 Å². The van der Waals surface area contributed by atoms with E-state index in [1.165, 1.54) is 0 Å². The van der Waals surface area contributed by atoms with Crippen LogP contribution in [0.25, 0.3) is 0 Å². The molecule has 10 heteroatoms. The molecule has 8 bridgehead atoms. The Balaban J connectivity index is 1.13. The summed E-state index contributed by atoms with van der Waals surface area (Å²) in [5.74, 6) is 0.812. The lowest BCUT2D eigenvalue weighted by Crippen LogP contribution is -2.50. The van der Waals surface area contributed by atoms with Crippen molar-refractivity contribution in [2.75, 3.05) is 6.61 Å². The van der Waals surface area contributed by atoms with Gasteiger partial charge in [0.1, 0.15) is 6.07 Å². The number of nitriles is 1. The molecule has 8 aliphatic rings. The van der Waals surface area contributed by atoms with E-state index in [2.05, 4.69) is 9.44 Å². The summed E-state index contributed by atoms with van der Waals surface area (Å²) in [5, 5.41) is 8.24. The van der Waals surface area contributed by atoms with Crippen LogP contribution in [-0.4, -0.2) is 32.0 Å². The number of hydrogen-bond donors (Lipinski definition) is 0. The van der Waals surface area contributed by atoms with Crippen molar-refractivity contribution < 1.29 is 31.0 Å². The second-order valence-corrected chi connectivity index (χ2v) is 14.4. The predicted molar refractivity (Wildman–Crippen MR) is 120 cm³/mol. The highest BCUT2D eigenvalue weighted by Crippen LogP contribution is 2.61. The summed E-state index contributed by atoms with van der Waals surface area (Å²) in [4.78, 5) is 12.3. The Kier molecular flexibility index (Phi) is 5.31. The number of halogens is 2. The zero-order chi connectivity index (χ0) is 24.6. The van der Waals surface area contributed by atoms with E-state index < -0.39 is 26.8 Å². The van der Waals surface area contributed by atoms with Crippen molar-refractivity contribution in [2.45, 2.75) is 82.3 Å². The molecule has 8 fully saturated rings. The van der Waals surface area contributed by atoms with Crippen molar-refractivity contribution in [1.82, 2.24) is 0 Å². The summed E-state index contributed by atoms with van der Waals surface area (Å²) in [5.41, 5.74) is -1.10. The van der Waals surface area contributed by atoms with Gasteiger partial charge in [-0.2, -0.15) is 22.5 Å². The van der Waals surface area contributed by atoms with Crippen molar-refractivity contribution in [3.8, 4) is 6.07 Å². The highest BCUT2D eigenvalue weighted by atomic mass is 32.2. The molecule has 0 radical (unpaired) electrons. The van der Waals surface area contributed by atoms with Gasteiger partial charge in [0, 0.05) is 10.8 Å². The predicted octanol–water partition coefficient (Wildman–Crippen LogP) is 4.78. The first-order chi connectivity index (χ1) is 16.5. The quantitative estimate of drug-likeness (QED) is 0.277. The minimum Gasteiger partial charge on any atom is -0.460 e. The van der Waals surface area contributed by atoms with E-state index in [1.807, 2.05) is 6.07 Å². The molecule has 0 aliphatic heterocycles. The molecular formula is C25H32F2N2O5S. The molecule has 0 saturated heterocycles. The van der Waals surface area contributed by atoms with Gasteiger partial charge in [-0.25, -0.2) is 4.79 Å². The Labute approximate surface area is 204 Å². The van der Waals surface area contributed by atoms with Crippen LogP contribution >= 0.6 is 0 Å². The van der Waals surface area contributed by atoms with Crippen molar-refractivity contribution in [3.63, 3.8) is 0 Å². The van der Waals surface area contributed by atoms with Crippen LogP contribution in [0.1, 0.15) is 77.0 Å². The van der Waals surface area contributed by atoms with Crippen LogP contribution in [0, 0.1) is 57.7 Å². The topological polar surface area (TPSA) is 106 Å². The van der Waals surface area contributed by atoms with Gasteiger partial charge in [0.05, 0.1) is 6.61 Å². The molecule has 0 atom stereocenters. The first-order valence-electron chi connectivity index (χ1n) is 13.0. The summed E-state index contributed by atoms with van der Waals surface area (Å²) < 4.78 is 63.5. The van der Waals surface area contributed by atoms with Gasteiger partial charge in [-0.3, -0.25) is 4.28 Å². The maximum atomic E-state index is 14.7. The lowest BCUT2D eigenvalue weighted by atomic mass is 9.48. The van der Waals surface area contributed by atoms with Crippen LogP contribution < -0.4 is 0 Å². The molecule has 8 aliphatic carbocycles. The van der Waals surface area contributed by atoms with Crippen LogP contribution in [0.15, 0.2) is 5.16 Å². The number of nitrogens with zero attached hydrogens (tertiary/aromatic N) is 2. The van der Waals surface area contributed by atoms with Gasteiger partial charge >= 0.3 is 21.3 Å². The number of carbonyl (C=O) groups excluding carboxylic acids is 1. The van der Waals surface area contributed by atoms with Gasteiger partial charge in [0.15, 0.2) is 5.71 Å². The molecule has 0 aromatic heterocycles. The third-order valence-electron chi connectivity index (χ3n) is 10.1. The fraction of sp³-hybridized carbons (Fsp3) is 0.880. The first-order valence-corrected chi connectivity index (χ1v) is 14.4. The van der Waals surface area contributed by atoms with E-state index in [4.69, 9.17) is 4.74 Å². The molecule has 35 heavy (non-hydrogen) atoms. The van der Waals surface area contributed by atoms with Gasteiger partial charge in [0.2, 0.25) is 0 Å². The summed E-state index contributed by atoms with van der Waals surface area (Å²) in [6.07, 6.45) is 11.3. The highest BCUT2D eigenvalue weighted by Gasteiger charge is 2.59. The zero-order valence-electron chi connectivity index (χ0n) is 19.8. The average Bonchev–Trinajstić information content (AvgIpc) is 2.75. The highest BCUT2D eigenvalue weighted by molar-refractivity contribution is 7.88. The number of hydrogen-bond acceptors (Lipinski definition) is 7. The molecular weight excluding hydrogens is 478 g/mol. The van der Waals surface area contributed by atoms with Crippen molar-refractivity contribution >= 4 is 21.8 Å². The monoisotopic (exact) mass is 510 g/mol. The summed E-state index contributed by atoms with van der Waals surface area (Å²) in [6, 6.07) is 1.91. The minimum atomic E-state index is -5.76. The van der Waals surface area contributed by atoms with Gasteiger partial charge in [-0.15, -0.1) is 0 Å². The number of alkyl halides is 2. The van der Waals surface area contributed by atoms with Crippen LogP contribution in [0.4, 0.5) is 8.78 Å². The molecule has 0 spiro atoms. The largest absolute Gasteiger partial charge is 0.478 e. The summed E-state index contributed by atoms with van der Waals surface area (Å²) in [7, 11) is -5.76. The first kappa shape index (κ1) is 23.6. The lowest BCUT2D eigenvalue weighted by Gasteiger charge is -2.56.